The number of oxime groups is 1. The molecule has 22 nitrogen and oxygen atoms in total. The maximum atomic E-state index is 11.5. The molecule has 1 aromatic rings. The summed E-state index contributed by atoms with van der Waals surface area (Å²) in [6, 6.07) is 0. The van der Waals surface area contributed by atoms with E-state index in [1.165, 1.54) is 0 Å². The van der Waals surface area contributed by atoms with E-state index in [4.69, 9.17) is 34.4 Å². The quantitative estimate of drug-likeness (QED) is 0.0386. The highest BCUT2D eigenvalue weighted by molar-refractivity contribution is 6.34. The van der Waals surface area contributed by atoms with E-state index in [1.807, 2.05) is 0 Å². The van der Waals surface area contributed by atoms with Crippen LogP contribution >= 0.6 is 0 Å². The summed E-state index contributed by atoms with van der Waals surface area (Å²) in [5.41, 5.74) is 3.00. The lowest BCUT2D eigenvalue weighted by molar-refractivity contribution is -0.159. The molecule has 0 spiro atoms. The number of hydrogen-bond donors (Lipinski definition) is 5. The van der Waals surface area contributed by atoms with Gasteiger partial charge in [0, 0.05) is 26.1 Å². The number of rotatable bonds is 12. The Morgan fingerprint density at radius 3 is 1.47 bits per heavy atom. The average Bonchev–Trinajstić information content (AvgIpc) is 3.48. The predicted molar refractivity (Wildman–Crippen MR) is 194 cm³/mol. The molecule has 316 valence electrons. The summed E-state index contributed by atoms with van der Waals surface area (Å²) in [4.78, 5) is 82.5. The van der Waals surface area contributed by atoms with E-state index in [0.29, 0.717) is 6.42 Å². The molecule has 22 heteroatoms. The van der Waals surface area contributed by atoms with Gasteiger partial charge in [0.25, 0.3) is 5.82 Å². The molecule has 1 rings (SSSR count). The first-order valence-corrected chi connectivity index (χ1v) is 16.6. The first-order chi connectivity index (χ1) is 24.8. The Balaban J connectivity index is -0.000000804. The number of nitrogens with two attached hydrogens (primary N) is 1. The largest absolute Gasteiger partial charge is 0.460 e. The highest BCUT2D eigenvalue weighted by atomic mass is 16.6. The first-order valence-electron chi connectivity index (χ1n) is 16.6. The summed E-state index contributed by atoms with van der Waals surface area (Å²) in [6.07, 6.45) is -1.90. The lowest BCUT2D eigenvalue weighted by Crippen LogP contribution is -2.34. The van der Waals surface area contributed by atoms with E-state index < -0.39 is 64.8 Å². The molecule has 0 bridgehead atoms. The van der Waals surface area contributed by atoms with Crippen molar-refractivity contribution in [1.82, 2.24) is 26.1 Å². The van der Waals surface area contributed by atoms with Gasteiger partial charge in [-0.05, 0) is 81.3 Å². The molecule has 0 aliphatic rings. The molecule has 0 radical (unpaired) electrons. The number of alkyl carbamates (subject to hydrolysis) is 3. The van der Waals surface area contributed by atoms with Crippen molar-refractivity contribution < 1.29 is 71.7 Å². The van der Waals surface area contributed by atoms with Crippen molar-refractivity contribution >= 4 is 48.0 Å². The maximum absolute atomic E-state index is 11.5. The van der Waals surface area contributed by atoms with Gasteiger partial charge in [0.1, 0.15) is 16.8 Å². The van der Waals surface area contributed by atoms with E-state index in [-0.39, 0.29) is 64.8 Å². The van der Waals surface area contributed by atoms with Gasteiger partial charge < -0.3 is 59.8 Å². The fourth-order valence-corrected chi connectivity index (χ4v) is 2.86. The number of amidine groups is 1. The molecular weight excluding hydrogens is 734 g/mol. The lowest BCUT2D eigenvalue weighted by atomic mass is 10.2. The maximum Gasteiger partial charge on any atom is 0.407 e. The number of aromatic nitrogens is 2. The minimum atomic E-state index is -0.806. The highest BCUT2D eigenvalue weighted by Crippen LogP contribution is 2.08. The van der Waals surface area contributed by atoms with Crippen LogP contribution in [-0.4, -0.2) is 113 Å². The van der Waals surface area contributed by atoms with Gasteiger partial charge >= 0.3 is 42.2 Å². The summed E-state index contributed by atoms with van der Waals surface area (Å²) in [7, 11) is 0. The van der Waals surface area contributed by atoms with E-state index in [0.717, 1.165) is 0 Å². The minimum absolute atomic E-state index is 0. The second kappa shape index (κ2) is 27.0. The van der Waals surface area contributed by atoms with Crippen molar-refractivity contribution in [2.45, 2.75) is 120 Å². The van der Waals surface area contributed by atoms with Crippen molar-refractivity contribution in [3.63, 3.8) is 0 Å². The van der Waals surface area contributed by atoms with Crippen LogP contribution < -0.4 is 21.7 Å². The fourth-order valence-electron chi connectivity index (χ4n) is 2.86. The zero-order valence-electron chi connectivity index (χ0n) is 32.7. The predicted octanol–water partition coefficient (Wildman–Crippen LogP) is 3.13. The van der Waals surface area contributed by atoms with E-state index in [1.54, 1.807) is 76.2 Å². The molecule has 0 fully saturated rings. The summed E-state index contributed by atoms with van der Waals surface area (Å²) in [5, 5.41) is 21.1. The third-order valence-corrected chi connectivity index (χ3v) is 4.75. The number of carbonyl (C=O) groups is 7. The van der Waals surface area contributed by atoms with Gasteiger partial charge in [0.15, 0.2) is 0 Å². The second-order valence-corrected chi connectivity index (χ2v) is 13.3. The zero-order valence-corrected chi connectivity index (χ0v) is 32.7. The molecule has 0 aliphatic carbocycles. The zero-order chi connectivity index (χ0) is 42.1. The van der Waals surface area contributed by atoms with Crippen LogP contribution in [0.1, 0.15) is 113 Å². The molecule has 0 unspecified atom stereocenters. The Bertz CT molecular complexity index is 1350. The number of ether oxygens (including phenoxy) is 6. The molecular formula is C33H59N7O15. The fraction of sp³-hybridized carbons (Fsp3) is 0.697. The lowest BCUT2D eigenvalue weighted by Gasteiger charge is -2.19. The molecule has 0 aliphatic heterocycles. The minimum Gasteiger partial charge on any atom is -0.460 e. The van der Waals surface area contributed by atoms with Crippen molar-refractivity contribution in [1.29, 1.82) is 0 Å². The number of carbonyl (C=O) groups excluding carboxylic acids is 7. The SMILES string of the molecule is C.CC(C)(C)OC(=O)NCCC(=O)OC(=O)CCNC(=O)OC(C)(C)C.CCOC(=O)/C(N)=N\O.CCOC(=O)c1noc(CCNC(=O)OC(C)(C)C)n1. The average molecular weight is 794 g/mol. The van der Waals surface area contributed by atoms with Crippen LogP contribution in [0.4, 0.5) is 14.4 Å². The van der Waals surface area contributed by atoms with Gasteiger partial charge in [0.2, 0.25) is 11.7 Å². The molecule has 55 heavy (non-hydrogen) atoms. The number of hydrogen-bond acceptors (Lipinski definition) is 18. The van der Waals surface area contributed by atoms with Crippen molar-refractivity contribution in [2.75, 3.05) is 32.8 Å². The van der Waals surface area contributed by atoms with Gasteiger partial charge in [-0.2, -0.15) is 4.98 Å². The third-order valence-electron chi connectivity index (χ3n) is 4.75. The molecule has 0 saturated heterocycles. The third kappa shape index (κ3) is 32.7. The normalized spacial score (nSPS) is 10.9. The van der Waals surface area contributed by atoms with Crippen molar-refractivity contribution in [3.05, 3.63) is 11.7 Å². The monoisotopic (exact) mass is 793 g/mol. The molecule has 0 saturated carbocycles. The van der Waals surface area contributed by atoms with Crippen LogP contribution in [0.2, 0.25) is 0 Å². The molecule has 0 atom stereocenters. The Morgan fingerprint density at radius 1 is 0.709 bits per heavy atom. The van der Waals surface area contributed by atoms with Crippen LogP contribution in [0.5, 0.6) is 0 Å². The topological polar surface area (TPSA) is 308 Å². The molecule has 1 heterocycles. The Hall–Kier alpha value is -5.70. The van der Waals surface area contributed by atoms with Crippen molar-refractivity contribution in [2.24, 2.45) is 10.9 Å². The smallest absolute Gasteiger partial charge is 0.407 e. The number of nitrogens with one attached hydrogen (secondary N) is 3. The van der Waals surface area contributed by atoms with Crippen LogP contribution in [0.15, 0.2) is 9.68 Å². The van der Waals surface area contributed by atoms with E-state index in [2.05, 4.69) is 40.7 Å². The number of esters is 4. The first kappa shape index (κ1) is 53.7. The van der Waals surface area contributed by atoms with Crippen molar-refractivity contribution in [3.8, 4) is 0 Å². The number of amides is 3. The van der Waals surface area contributed by atoms with Crippen LogP contribution in [0.3, 0.4) is 0 Å². The number of nitrogens with zero attached hydrogens (tertiary/aromatic N) is 3. The van der Waals surface area contributed by atoms with Crippen LogP contribution in [0.25, 0.3) is 0 Å². The summed E-state index contributed by atoms with van der Waals surface area (Å²) < 4.78 is 33.5. The van der Waals surface area contributed by atoms with Gasteiger partial charge in [0.05, 0.1) is 26.1 Å². The Labute approximate surface area is 320 Å². The second-order valence-electron chi connectivity index (χ2n) is 13.3. The molecule has 0 aromatic carbocycles. The summed E-state index contributed by atoms with van der Waals surface area (Å²) in [5.74, 6) is -3.42. The van der Waals surface area contributed by atoms with E-state index in [9.17, 15) is 33.6 Å². The van der Waals surface area contributed by atoms with Crippen LogP contribution in [0, 0.1) is 0 Å². The van der Waals surface area contributed by atoms with Gasteiger partial charge in [-0.15, -0.1) is 0 Å². The standard InChI is InChI=1S/C16H28N2O7.C12H19N3O5.C4H8N2O3.CH4/c1-15(2,3)24-13(21)17-9-7-11(19)23-12(20)8-10-18-14(22)25-16(4,5)6;1-5-18-10(16)9-14-8(20-15-9)6-7-13-11(17)19-12(2,3)4;1-2-9-4(7)3(5)6-8;/h7-10H2,1-6H3,(H,17,21)(H,18,22);5-7H2,1-4H3,(H,13,17);8H,2H2,1H3,(H2,5,6);1H4. The highest BCUT2D eigenvalue weighted by Gasteiger charge is 2.20. The van der Waals surface area contributed by atoms with Gasteiger partial charge in [-0.25, -0.2) is 24.0 Å². The Kier molecular flexibility index (Phi) is 26.3. The van der Waals surface area contributed by atoms with Crippen LogP contribution in [-0.2, 0) is 49.2 Å². The van der Waals surface area contributed by atoms with Gasteiger partial charge in [-0.1, -0.05) is 12.6 Å². The summed E-state index contributed by atoms with van der Waals surface area (Å²) >= 11 is 0. The Morgan fingerprint density at radius 2 is 1.11 bits per heavy atom. The van der Waals surface area contributed by atoms with E-state index >= 15 is 0 Å². The molecule has 1 aromatic heterocycles. The van der Waals surface area contributed by atoms with Gasteiger partial charge in [-0.3, -0.25) is 9.59 Å². The summed E-state index contributed by atoms with van der Waals surface area (Å²) in [6.45, 7) is 19.6. The molecule has 3 amide bonds. The molecule has 6 N–H and O–H groups in total.